The number of halogens is 3. The fourth-order valence-electron chi connectivity index (χ4n) is 1.99. The van der Waals surface area contributed by atoms with Crippen LogP contribution in [0, 0.1) is 6.92 Å². The average molecular weight is 438 g/mol. The number of aromatic nitrogens is 1. The number of rotatable bonds is 6. The standard InChI is InChI=1S/C16H15Cl3N2O4S/c1-9-12(15(24)25-8-16(17,18)19)21-14(26-9)13(23)20-11(22)7-10-5-3-2-4-6-10/h2-6,13,23H,7-8H2,1H3,(H,20,22). The highest BCUT2D eigenvalue weighted by Crippen LogP contribution is 2.27. The molecule has 1 aromatic carbocycles. The molecule has 26 heavy (non-hydrogen) atoms. The molecule has 0 aliphatic heterocycles. The number of thiazole rings is 1. The molecule has 0 fully saturated rings. The van der Waals surface area contributed by atoms with Crippen molar-refractivity contribution in [2.45, 2.75) is 23.4 Å². The van der Waals surface area contributed by atoms with Crippen LogP contribution in [0.5, 0.6) is 0 Å². The predicted molar refractivity (Wildman–Crippen MR) is 101 cm³/mol. The zero-order valence-corrected chi connectivity index (χ0v) is 16.6. The Bertz CT molecular complexity index is 778. The summed E-state index contributed by atoms with van der Waals surface area (Å²) in [5.41, 5.74) is 0.805. The van der Waals surface area contributed by atoms with E-state index in [-0.39, 0.29) is 23.0 Å². The molecule has 1 unspecified atom stereocenters. The number of ether oxygens (including phenoxy) is 1. The van der Waals surface area contributed by atoms with E-state index >= 15 is 0 Å². The van der Waals surface area contributed by atoms with Crippen LogP contribution >= 0.6 is 46.1 Å². The van der Waals surface area contributed by atoms with Gasteiger partial charge < -0.3 is 15.2 Å². The van der Waals surface area contributed by atoms with Crippen LogP contribution in [-0.2, 0) is 16.0 Å². The molecule has 1 aromatic heterocycles. The first-order valence-electron chi connectivity index (χ1n) is 7.38. The second-order valence-corrected chi connectivity index (χ2v) is 9.03. The fourth-order valence-corrected chi connectivity index (χ4v) is 3.00. The van der Waals surface area contributed by atoms with Crippen LogP contribution in [0.3, 0.4) is 0 Å². The van der Waals surface area contributed by atoms with E-state index in [9.17, 15) is 14.7 Å². The largest absolute Gasteiger partial charge is 0.456 e. The minimum Gasteiger partial charge on any atom is -0.456 e. The van der Waals surface area contributed by atoms with Crippen LogP contribution in [-0.4, -0.2) is 32.4 Å². The van der Waals surface area contributed by atoms with Crippen LogP contribution in [0.15, 0.2) is 30.3 Å². The lowest BCUT2D eigenvalue weighted by Gasteiger charge is -2.11. The Morgan fingerprint density at radius 2 is 1.96 bits per heavy atom. The molecular formula is C16H15Cl3N2O4S. The fraction of sp³-hybridized carbons (Fsp3) is 0.312. The SMILES string of the molecule is Cc1sc(C(O)NC(=O)Cc2ccccc2)nc1C(=O)OCC(Cl)(Cl)Cl. The lowest BCUT2D eigenvalue weighted by Crippen LogP contribution is -2.29. The topological polar surface area (TPSA) is 88.5 Å². The summed E-state index contributed by atoms with van der Waals surface area (Å²) in [5.74, 6) is -1.16. The van der Waals surface area contributed by atoms with Gasteiger partial charge in [0, 0.05) is 4.88 Å². The van der Waals surface area contributed by atoms with Crippen molar-refractivity contribution in [1.82, 2.24) is 10.3 Å². The minimum atomic E-state index is -1.73. The molecule has 140 valence electrons. The van der Waals surface area contributed by atoms with Gasteiger partial charge in [0.05, 0.1) is 6.42 Å². The quantitative estimate of drug-likeness (QED) is 0.411. The van der Waals surface area contributed by atoms with Gasteiger partial charge in [-0.25, -0.2) is 9.78 Å². The Morgan fingerprint density at radius 3 is 2.58 bits per heavy atom. The third-order valence-electron chi connectivity index (χ3n) is 3.11. The molecule has 0 saturated carbocycles. The number of hydrogen-bond acceptors (Lipinski definition) is 6. The lowest BCUT2D eigenvalue weighted by atomic mass is 10.1. The third kappa shape index (κ3) is 6.41. The van der Waals surface area contributed by atoms with Crippen molar-refractivity contribution in [3.05, 3.63) is 51.5 Å². The molecule has 1 amide bonds. The van der Waals surface area contributed by atoms with Crippen molar-refractivity contribution < 1.29 is 19.4 Å². The number of alkyl halides is 3. The zero-order valence-electron chi connectivity index (χ0n) is 13.5. The molecule has 0 aliphatic rings. The number of nitrogens with zero attached hydrogens (tertiary/aromatic N) is 1. The molecule has 6 nitrogen and oxygen atoms in total. The molecule has 1 heterocycles. The summed E-state index contributed by atoms with van der Waals surface area (Å²) in [4.78, 5) is 28.5. The average Bonchev–Trinajstić information content (AvgIpc) is 2.95. The van der Waals surface area contributed by atoms with Crippen molar-refractivity contribution in [2.75, 3.05) is 6.61 Å². The molecular weight excluding hydrogens is 423 g/mol. The van der Waals surface area contributed by atoms with Crippen molar-refractivity contribution >= 4 is 58.0 Å². The van der Waals surface area contributed by atoms with Crippen molar-refractivity contribution in [1.29, 1.82) is 0 Å². The van der Waals surface area contributed by atoms with Gasteiger partial charge in [0.15, 0.2) is 11.9 Å². The Hall–Kier alpha value is -1.38. The summed E-state index contributed by atoms with van der Waals surface area (Å²) in [6, 6.07) is 9.09. The van der Waals surface area contributed by atoms with Gasteiger partial charge in [0.1, 0.15) is 11.6 Å². The highest BCUT2D eigenvalue weighted by Gasteiger charge is 2.26. The summed E-state index contributed by atoms with van der Waals surface area (Å²) >= 11 is 17.7. The number of esters is 1. The molecule has 1 atom stereocenters. The van der Waals surface area contributed by atoms with E-state index in [0.29, 0.717) is 4.88 Å². The molecule has 2 N–H and O–H groups in total. The van der Waals surface area contributed by atoms with E-state index in [1.807, 2.05) is 18.2 Å². The van der Waals surface area contributed by atoms with Gasteiger partial charge in [-0.1, -0.05) is 65.1 Å². The Labute approximate surface area is 169 Å². The van der Waals surface area contributed by atoms with Gasteiger partial charge in [-0.2, -0.15) is 0 Å². The zero-order chi connectivity index (χ0) is 19.3. The number of amides is 1. The molecule has 2 rings (SSSR count). The van der Waals surface area contributed by atoms with Gasteiger partial charge in [-0.3, -0.25) is 4.79 Å². The number of aliphatic hydroxyl groups excluding tert-OH is 1. The summed E-state index contributed by atoms with van der Waals surface area (Å²) < 4.78 is 3.14. The van der Waals surface area contributed by atoms with Crippen LogP contribution < -0.4 is 5.32 Å². The van der Waals surface area contributed by atoms with Gasteiger partial charge in [-0.05, 0) is 12.5 Å². The van der Waals surface area contributed by atoms with E-state index < -0.39 is 22.6 Å². The van der Waals surface area contributed by atoms with Gasteiger partial charge >= 0.3 is 5.97 Å². The van der Waals surface area contributed by atoms with Gasteiger partial charge in [-0.15, -0.1) is 11.3 Å². The highest BCUT2D eigenvalue weighted by atomic mass is 35.6. The highest BCUT2D eigenvalue weighted by molar-refractivity contribution is 7.11. The number of aryl methyl sites for hydroxylation is 1. The van der Waals surface area contributed by atoms with Crippen LogP contribution in [0.1, 0.15) is 32.2 Å². The molecule has 0 spiro atoms. The second-order valence-electron chi connectivity index (χ2n) is 5.28. The Morgan fingerprint density at radius 1 is 1.31 bits per heavy atom. The van der Waals surface area contributed by atoms with E-state index in [4.69, 9.17) is 39.5 Å². The van der Waals surface area contributed by atoms with E-state index in [1.54, 1.807) is 19.1 Å². The van der Waals surface area contributed by atoms with Gasteiger partial charge in [0.25, 0.3) is 0 Å². The third-order valence-corrected chi connectivity index (χ3v) is 4.46. The maximum atomic E-state index is 12.0. The van der Waals surface area contributed by atoms with Gasteiger partial charge in [0.2, 0.25) is 9.70 Å². The van der Waals surface area contributed by atoms with E-state index in [2.05, 4.69) is 10.3 Å². The predicted octanol–water partition coefficient (Wildman–Crippen LogP) is 3.33. The molecule has 0 saturated heterocycles. The number of nitrogens with one attached hydrogen (secondary N) is 1. The van der Waals surface area contributed by atoms with E-state index in [0.717, 1.165) is 16.9 Å². The number of carbonyl (C=O) groups is 2. The van der Waals surface area contributed by atoms with Crippen LogP contribution in [0.25, 0.3) is 0 Å². The van der Waals surface area contributed by atoms with Crippen LogP contribution in [0.2, 0.25) is 0 Å². The maximum absolute atomic E-state index is 12.0. The lowest BCUT2D eigenvalue weighted by molar-refractivity contribution is -0.123. The first-order chi connectivity index (χ1) is 12.2. The molecule has 0 radical (unpaired) electrons. The first kappa shape index (κ1) is 20.9. The summed E-state index contributed by atoms with van der Waals surface area (Å²) in [6.07, 6.45) is -1.23. The Kier molecular flexibility index (Phi) is 7.25. The summed E-state index contributed by atoms with van der Waals surface area (Å²) in [5, 5.41) is 12.7. The molecule has 0 bridgehead atoms. The number of aliphatic hydroxyl groups is 1. The Balaban J connectivity index is 1.98. The summed E-state index contributed by atoms with van der Waals surface area (Å²) in [7, 11) is 0. The van der Waals surface area contributed by atoms with Crippen molar-refractivity contribution in [2.24, 2.45) is 0 Å². The monoisotopic (exact) mass is 436 g/mol. The number of carbonyl (C=O) groups excluding carboxylic acids is 2. The van der Waals surface area contributed by atoms with E-state index in [1.165, 1.54) is 0 Å². The maximum Gasteiger partial charge on any atom is 0.358 e. The smallest absolute Gasteiger partial charge is 0.358 e. The van der Waals surface area contributed by atoms with Crippen molar-refractivity contribution in [3.63, 3.8) is 0 Å². The van der Waals surface area contributed by atoms with Crippen molar-refractivity contribution in [3.8, 4) is 0 Å². The molecule has 0 aliphatic carbocycles. The number of benzene rings is 1. The molecule has 2 aromatic rings. The molecule has 10 heteroatoms. The summed E-state index contributed by atoms with van der Waals surface area (Å²) in [6.45, 7) is 1.20. The first-order valence-corrected chi connectivity index (χ1v) is 9.33. The van der Waals surface area contributed by atoms with Crippen LogP contribution in [0.4, 0.5) is 0 Å². The normalized spacial score (nSPS) is 12.5. The minimum absolute atomic E-state index is 0.00407. The number of hydrogen-bond donors (Lipinski definition) is 2. The second kappa shape index (κ2) is 9.01.